The lowest BCUT2D eigenvalue weighted by Crippen LogP contribution is -2.42. The maximum absolute atomic E-state index is 13.3. The van der Waals surface area contributed by atoms with Crippen LogP contribution in [-0.2, 0) is 9.59 Å². The number of hydrogen-bond acceptors (Lipinski definition) is 2. The van der Waals surface area contributed by atoms with Gasteiger partial charge in [-0.25, -0.2) is 8.78 Å². The van der Waals surface area contributed by atoms with E-state index in [9.17, 15) is 31.5 Å². The molecule has 0 unspecified atom stereocenters. The van der Waals surface area contributed by atoms with E-state index < -0.39 is 48.0 Å². The van der Waals surface area contributed by atoms with Crippen molar-refractivity contribution in [3.63, 3.8) is 0 Å². The van der Waals surface area contributed by atoms with Crippen molar-refractivity contribution in [2.24, 2.45) is 5.92 Å². The van der Waals surface area contributed by atoms with Crippen LogP contribution in [0.3, 0.4) is 0 Å². The number of nitrogens with one attached hydrogen (secondary N) is 1. The van der Waals surface area contributed by atoms with Crippen LogP contribution < -0.4 is 10.2 Å². The third-order valence-electron chi connectivity index (χ3n) is 3.90. The van der Waals surface area contributed by atoms with Crippen LogP contribution in [0.25, 0.3) is 0 Å². The number of benzene rings is 1. The zero-order valence-corrected chi connectivity index (χ0v) is 13.4. The molecule has 9 heteroatoms. The van der Waals surface area contributed by atoms with Gasteiger partial charge in [-0.3, -0.25) is 9.59 Å². The fraction of sp³-hybridized carbons (Fsp3) is 0.412. The molecule has 0 saturated carbocycles. The summed E-state index contributed by atoms with van der Waals surface area (Å²) in [5, 5.41) is 2.22. The first-order valence-corrected chi connectivity index (χ1v) is 7.66. The molecule has 0 aliphatic carbocycles. The van der Waals surface area contributed by atoms with Crippen molar-refractivity contribution >= 4 is 17.5 Å². The molecule has 0 spiro atoms. The first kappa shape index (κ1) is 19.7. The number of amides is 2. The van der Waals surface area contributed by atoms with Crippen LogP contribution in [-0.4, -0.2) is 30.6 Å². The summed E-state index contributed by atoms with van der Waals surface area (Å²) in [6, 6.07) is 1.55. The topological polar surface area (TPSA) is 49.4 Å². The number of carbonyl (C=O) groups is 2. The lowest BCUT2D eigenvalue weighted by molar-refractivity contribution is -0.143. The Morgan fingerprint density at radius 1 is 1.35 bits per heavy atom. The molecule has 1 saturated heterocycles. The summed E-state index contributed by atoms with van der Waals surface area (Å²) >= 11 is 0. The molecule has 1 aliphatic heterocycles. The van der Waals surface area contributed by atoms with Gasteiger partial charge in [-0.2, -0.15) is 13.2 Å². The zero-order valence-electron chi connectivity index (χ0n) is 13.4. The predicted molar refractivity (Wildman–Crippen MR) is 82.9 cm³/mol. The molecule has 0 radical (unpaired) electrons. The van der Waals surface area contributed by atoms with Gasteiger partial charge in [0.05, 0.1) is 12.3 Å². The van der Waals surface area contributed by atoms with E-state index in [-0.39, 0.29) is 25.1 Å². The van der Waals surface area contributed by atoms with Gasteiger partial charge in [0.1, 0.15) is 0 Å². The van der Waals surface area contributed by atoms with Crippen LogP contribution in [0.15, 0.2) is 18.2 Å². The minimum absolute atomic E-state index is 0.0691. The molecule has 1 N–H and O–H groups in total. The molecule has 2 atom stereocenters. The van der Waals surface area contributed by atoms with Crippen LogP contribution in [0, 0.1) is 29.9 Å². The number of anilines is 1. The number of carbonyl (C=O) groups excluding carboxylic acids is 2. The maximum atomic E-state index is 13.3. The molecule has 140 valence electrons. The van der Waals surface area contributed by atoms with E-state index in [0.717, 1.165) is 17.0 Å². The van der Waals surface area contributed by atoms with Crippen LogP contribution >= 0.6 is 0 Å². The SMILES string of the molecule is C#CC[C@H](CC(F)(F)F)NC(=O)[C@H]1CC(=O)N(c2ccc(F)c(F)c2)C1. The monoisotopic (exact) mass is 374 g/mol. The van der Waals surface area contributed by atoms with Gasteiger partial charge in [-0.1, -0.05) is 0 Å². The van der Waals surface area contributed by atoms with E-state index >= 15 is 0 Å². The Morgan fingerprint density at radius 2 is 2.04 bits per heavy atom. The highest BCUT2D eigenvalue weighted by molar-refractivity contribution is 6.00. The van der Waals surface area contributed by atoms with E-state index in [0.29, 0.717) is 0 Å². The summed E-state index contributed by atoms with van der Waals surface area (Å²) in [6.45, 7) is -0.148. The average Bonchev–Trinajstić information content (AvgIpc) is 2.91. The van der Waals surface area contributed by atoms with Crippen molar-refractivity contribution in [1.82, 2.24) is 5.32 Å². The van der Waals surface area contributed by atoms with Crippen molar-refractivity contribution < 1.29 is 31.5 Å². The van der Waals surface area contributed by atoms with Crippen molar-refractivity contribution in [2.75, 3.05) is 11.4 Å². The summed E-state index contributed by atoms with van der Waals surface area (Å²) in [5.41, 5.74) is 0.0691. The minimum Gasteiger partial charge on any atom is -0.352 e. The highest BCUT2D eigenvalue weighted by Gasteiger charge is 2.38. The molecule has 1 heterocycles. The Labute approximate surface area is 146 Å². The number of rotatable bonds is 5. The van der Waals surface area contributed by atoms with Crippen molar-refractivity contribution in [1.29, 1.82) is 0 Å². The molecular weight excluding hydrogens is 359 g/mol. The molecule has 1 aromatic rings. The normalized spacial score (nSPS) is 18.5. The molecule has 0 bridgehead atoms. The quantitative estimate of drug-likeness (QED) is 0.637. The van der Waals surface area contributed by atoms with Gasteiger partial charge < -0.3 is 10.2 Å². The molecular formula is C17H15F5N2O2. The maximum Gasteiger partial charge on any atom is 0.391 e. The lowest BCUT2D eigenvalue weighted by atomic mass is 10.1. The third kappa shape index (κ3) is 4.94. The molecule has 4 nitrogen and oxygen atoms in total. The highest BCUT2D eigenvalue weighted by Crippen LogP contribution is 2.27. The van der Waals surface area contributed by atoms with E-state index in [1.165, 1.54) is 6.07 Å². The zero-order chi connectivity index (χ0) is 19.5. The molecule has 1 aliphatic rings. The summed E-state index contributed by atoms with van der Waals surface area (Å²) in [7, 11) is 0. The first-order valence-electron chi connectivity index (χ1n) is 7.66. The minimum atomic E-state index is -4.50. The molecule has 26 heavy (non-hydrogen) atoms. The summed E-state index contributed by atoms with van der Waals surface area (Å²) in [6.07, 6.45) is -1.31. The number of halogens is 5. The second-order valence-electron chi connectivity index (χ2n) is 5.94. The standard InChI is InChI=1S/C17H15F5N2O2/c1-2-3-11(8-17(20,21)22)23-16(26)10-6-15(25)24(9-10)12-4-5-13(18)14(19)7-12/h1,4-5,7,10-11H,3,6,8-9H2,(H,23,26)/t10-,11+/m0/s1. The Kier molecular flexibility index (Phi) is 5.85. The van der Waals surface area contributed by atoms with Gasteiger partial charge in [-0.15, -0.1) is 12.3 Å². The first-order chi connectivity index (χ1) is 12.1. The molecule has 0 aromatic heterocycles. The number of hydrogen-bond donors (Lipinski definition) is 1. The van der Waals surface area contributed by atoms with E-state index in [1.54, 1.807) is 0 Å². The smallest absolute Gasteiger partial charge is 0.352 e. The number of nitrogens with zero attached hydrogens (tertiary/aromatic N) is 1. The third-order valence-corrected chi connectivity index (χ3v) is 3.90. The predicted octanol–water partition coefficient (Wildman–Crippen LogP) is 2.78. The summed E-state index contributed by atoms with van der Waals surface area (Å²) in [5.74, 6) is -2.33. The van der Waals surface area contributed by atoms with Crippen LogP contribution in [0.2, 0.25) is 0 Å². The fourth-order valence-electron chi connectivity index (χ4n) is 2.70. The summed E-state index contributed by atoms with van der Waals surface area (Å²) in [4.78, 5) is 25.3. The Bertz CT molecular complexity index is 742. The van der Waals surface area contributed by atoms with Crippen LogP contribution in [0.5, 0.6) is 0 Å². The van der Waals surface area contributed by atoms with Crippen LogP contribution in [0.4, 0.5) is 27.6 Å². The van der Waals surface area contributed by atoms with Gasteiger partial charge in [0.15, 0.2) is 11.6 Å². The number of alkyl halides is 3. The molecule has 2 amide bonds. The van der Waals surface area contributed by atoms with Gasteiger partial charge in [0, 0.05) is 37.2 Å². The molecule has 1 aromatic carbocycles. The number of terminal acetylenes is 1. The second kappa shape index (κ2) is 7.72. The molecule has 1 fully saturated rings. The van der Waals surface area contributed by atoms with Crippen molar-refractivity contribution in [3.8, 4) is 12.3 Å². The van der Waals surface area contributed by atoms with Gasteiger partial charge >= 0.3 is 6.18 Å². The van der Waals surface area contributed by atoms with Crippen molar-refractivity contribution in [3.05, 3.63) is 29.8 Å². The van der Waals surface area contributed by atoms with Crippen molar-refractivity contribution in [2.45, 2.75) is 31.5 Å². The lowest BCUT2D eigenvalue weighted by Gasteiger charge is -2.21. The average molecular weight is 374 g/mol. The Balaban J connectivity index is 2.05. The van der Waals surface area contributed by atoms with Gasteiger partial charge in [0.25, 0.3) is 0 Å². The fourth-order valence-corrected chi connectivity index (χ4v) is 2.70. The van der Waals surface area contributed by atoms with E-state index in [4.69, 9.17) is 6.42 Å². The van der Waals surface area contributed by atoms with E-state index in [1.807, 2.05) is 0 Å². The van der Waals surface area contributed by atoms with Gasteiger partial charge in [-0.05, 0) is 12.1 Å². The second-order valence-corrected chi connectivity index (χ2v) is 5.94. The highest BCUT2D eigenvalue weighted by atomic mass is 19.4. The molecule has 2 rings (SSSR count). The summed E-state index contributed by atoms with van der Waals surface area (Å²) < 4.78 is 63.9. The largest absolute Gasteiger partial charge is 0.391 e. The van der Waals surface area contributed by atoms with E-state index in [2.05, 4.69) is 11.2 Å². The Morgan fingerprint density at radius 3 is 2.62 bits per heavy atom. The van der Waals surface area contributed by atoms with Gasteiger partial charge in [0.2, 0.25) is 11.8 Å². The Hall–Kier alpha value is -2.63. The van der Waals surface area contributed by atoms with Crippen LogP contribution in [0.1, 0.15) is 19.3 Å².